The number of rotatable bonds is 7. The van der Waals surface area contributed by atoms with E-state index in [0.717, 1.165) is 17.3 Å². The molecule has 0 aromatic heterocycles. The average Bonchev–Trinajstić information content (AvgIpc) is 2.66. The highest BCUT2D eigenvalue weighted by atomic mass is 19.4. The Morgan fingerprint density at radius 1 is 1.14 bits per heavy atom. The molecule has 2 amide bonds. The largest absolute Gasteiger partial charge is 0.573 e. The van der Waals surface area contributed by atoms with Crippen LogP contribution < -0.4 is 20.1 Å². The summed E-state index contributed by atoms with van der Waals surface area (Å²) in [7, 11) is 0. The number of alkyl halides is 3. The molecule has 6 nitrogen and oxygen atoms in total. The molecule has 0 spiro atoms. The van der Waals surface area contributed by atoms with Crippen molar-refractivity contribution in [3.63, 3.8) is 0 Å². The zero-order valence-electron chi connectivity index (χ0n) is 15.3. The van der Waals surface area contributed by atoms with E-state index in [1.807, 2.05) is 6.07 Å². The van der Waals surface area contributed by atoms with Gasteiger partial charge in [-0.05, 0) is 48.7 Å². The lowest BCUT2D eigenvalue weighted by Gasteiger charge is -2.17. The van der Waals surface area contributed by atoms with Crippen molar-refractivity contribution in [3.8, 4) is 11.5 Å². The maximum absolute atomic E-state index is 12.4. The first-order valence-electron chi connectivity index (χ1n) is 9.00. The van der Waals surface area contributed by atoms with Crippen LogP contribution in [0.4, 0.5) is 24.5 Å². The van der Waals surface area contributed by atoms with Crippen molar-refractivity contribution in [1.82, 2.24) is 0 Å². The molecule has 1 aliphatic rings. The van der Waals surface area contributed by atoms with E-state index in [1.165, 1.54) is 18.2 Å². The van der Waals surface area contributed by atoms with Crippen molar-refractivity contribution in [2.75, 3.05) is 17.2 Å². The van der Waals surface area contributed by atoms with Crippen LogP contribution in [0.1, 0.15) is 24.8 Å². The van der Waals surface area contributed by atoms with Crippen molar-refractivity contribution >= 4 is 23.2 Å². The minimum Gasteiger partial charge on any atom is -0.494 e. The molecule has 1 heterocycles. The van der Waals surface area contributed by atoms with Gasteiger partial charge in [-0.25, -0.2) is 0 Å². The summed E-state index contributed by atoms with van der Waals surface area (Å²) in [5.74, 6) is -0.297. The molecular weight excluding hydrogens is 389 g/mol. The highest BCUT2D eigenvalue weighted by molar-refractivity contribution is 5.94. The van der Waals surface area contributed by atoms with E-state index in [1.54, 1.807) is 12.1 Å². The normalized spacial score (nSPS) is 13.3. The number of hydrogen-bond donors (Lipinski definition) is 2. The molecule has 0 bridgehead atoms. The third-order valence-electron chi connectivity index (χ3n) is 4.18. The van der Waals surface area contributed by atoms with Gasteiger partial charge in [0.25, 0.3) is 0 Å². The lowest BCUT2D eigenvalue weighted by molar-refractivity contribution is -0.274. The molecule has 2 aromatic carbocycles. The lowest BCUT2D eigenvalue weighted by Crippen LogP contribution is -2.19. The van der Waals surface area contributed by atoms with E-state index in [0.29, 0.717) is 25.0 Å². The third kappa shape index (κ3) is 6.13. The number of anilines is 2. The Hall–Kier alpha value is -3.23. The summed E-state index contributed by atoms with van der Waals surface area (Å²) >= 11 is 0. The van der Waals surface area contributed by atoms with Crippen molar-refractivity contribution in [2.24, 2.45) is 0 Å². The summed E-state index contributed by atoms with van der Waals surface area (Å²) < 4.78 is 46.8. The summed E-state index contributed by atoms with van der Waals surface area (Å²) in [6.45, 7) is 0.263. The number of carbonyl (C=O) groups is 2. The average molecular weight is 408 g/mol. The first-order valence-corrected chi connectivity index (χ1v) is 9.00. The lowest BCUT2D eigenvalue weighted by atomic mass is 10.0. The minimum atomic E-state index is -4.84. The van der Waals surface area contributed by atoms with Crippen molar-refractivity contribution in [2.45, 2.75) is 32.0 Å². The fourth-order valence-electron chi connectivity index (χ4n) is 2.87. The van der Waals surface area contributed by atoms with E-state index in [2.05, 4.69) is 15.4 Å². The van der Waals surface area contributed by atoms with Gasteiger partial charge in [0, 0.05) is 18.5 Å². The number of ether oxygens (including phenoxy) is 2. The van der Waals surface area contributed by atoms with Crippen molar-refractivity contribution in [3.05, 3.63) is 48.0 Å². The SMILES string of the molecule is O=C1CCc2cc(OCCCC(=O)Nc3ccccc3OC(F)(F)F)ccc2N1. The summed E-state index contributed by atoms with van der Waals surface area (Å²) in [6, 6.07) is 10.7. The van der Waals surface area contributed by atoms with Crippen LogP contribution in [0, 0.1) is 0 Å². The summed E-state index contributed by atoms with van der Waals surface area (Å²) in [4.78, 5) is 23.4. The van der Waals surface area contributed by atoms with Crippen LogP contribution in [0.5, 0.6) is 11.5 Å². The van der Waals surface area contributed by atoms with E-state index in [4.69, 9.17) is 4.74 Å². The third-order valence-corrected chi connectivity index (χ3v) is 4.18. The molecule has 0 radical (unpaired) electrons. The second kappa shape index (κ2) is 8.85. The van der Waals surface area contributed by atoms with Gasteiger partial charge in [0.2, 0.25) is 11.8 Å². The summed E-state index contributed by atoms with van der Waals surface area (Å²) in [5, 5.41) is 5.20. The van der Waals surface area contributed by atoms with Gasteiger partial charge in [-0.3, -0.25) is 9.59 Å². The Kier molecular flexibility index (Phi) is 6.26. The topological polar surface area (TPSA) is 76.7 Å². The first-order chi connectivity index (χ1) is 13.8. The first kappa shape index (κ1) is 20.5. The van der Waals surface area contributed by atoms with Crippen LogP contribution >= 0.6 is 0 Å². The van der Waals surface area contributed by atoms with Crippen LogP contribution in [0.25, 0.3) is 0 Å². The monoisotopic (exact) mass is 408 g/mol. The molecule has 0 atom stereocenters. The Morgan fingerprint density at radius 2 is 1.93 bits per heavy atom. The number of benzene rings is 2. The molecule has 0 fully saturated rings. The molecule has 0 saturated heterocycles. The van der Waals surface area contributed by atoms with Gasteiger partial charge in [0.15, 0.2) is 5.75 Å². The maximum atomic E-state index is 12.4. The summed E-state index contributed by atoms with van der Waals surface area (Å²) in [6.07, 6.45) is -3.33. The zero-order valence-corrected chi connectivity index (χ0v) is 15.3. The molecule has 9 heteroatoms. The molecule has 2 aromatic rings. The number of carbonyl (C=O) groups excluding carboxylic acids is 2. The number of hydrogen-bond acceptors (Lipinski definition) is 4. The molecule has 3 rings (SSSR count). The van der Waals surface area contributed by atoms with Crippen molar-refractivity contribution in [1.29, 1.82) is 0 Å². The number of fused-ring (bicyclic) bond motifs is 1. The number of aryl methyl sites for hydroxylation is 1. The van der Waals surface area contributed by atoms with Gasteiger partial charge in [-0.2, -0.15) is 0 Å². The van der Waals surface area contributed by atoms with Gasteiger partial charge in [0.05, 0.1) is 12.3 Å². The fraction of sp³-hybridized carbons (Fsp3) is 0.300. The Labute approximate surface area is 165 Å². The summed E-state index contributed by atoms with van der Waals surface area (Å²) in [5.41, 5.74) is 1.71. The Balaban J connectivity index is 1.46. The molecule has 29 heavy (non-hydrogen) atoms. The minimum absolute atomic E-state index is 0.0145. The molecule has 2 N–H and O–H groups in total. The fourth-order valence-corrected chi connectivity index (χ4v) is 2.87. The molecule has 0 aliphatic carbocycles. The number of para-hydroxylation sites is 2. The molecule has 0 saturated carbocycles. The van der Waals surface area contributed by atoms with E-state index in [-0.39, 0.29) is 24.6 Å². The Bertz CT molecular complexity index is 900. The van der Waals surface area contributed by atoms with Crippen LogP contribution in [-0.2, 0) is 16.0 Å². The highest BCUT2D eigenvalue weighted by Gasteiger charge is 2.32. The van der Waals surface area contributed by atoms with Crippen LogP contribution in [0.15, 0.2) is 42.5 Å². The van der Waals surface area contributed by atoms with Crippen LogP contribution in [-0.4, -0.2) is 24.8 Å². The van der Waals surface area contributed by atoms with Crippen LogP contribution in [0.2, 0.25) is 0 Å². The van der Waals surface area contributed by atoms with Gasteiger partial charge < -0.3 is 20.1 Å². The Morgan fingerprint density at radius 3 is 2.72 bits per heavy atom. The predicted octanol–water partition coefficient (Wildman–Crippen LogP) is 4.27. The molecular formula is C20H19F3N2O4. The van der Waals surface area contributed by atoms with E-state index < -0.39 is 18.0 Å². The van der Waals surface area contributed by atoms with Gasteiger partial charge >= 0.3 is 6.36 Å². The van der Waals surface area contributed by atoms with E-state index >= 15 is 0 Å². The van der Waals surface area contributed by atoms with E-state index in [9.17, 15) is 22.8 Å². The molecule has 0 unspecified atom stereocenters. The predicted molar refractivity (Wildman–Crippen MR) is 99.9 cm³/mol. The smallest absolute Gasteiger partial charge is 0.494 e. The standard InChI is InChI=1S/C20H19F3N2O4/c21-20(22,23)29-17-5-2-1-4-16(17)25-18(26)6-3-11-28-14-8-9-15-13(12-14)7-10-19(27)24-15/h1-2,4-5,8-9,12H,3,6-7,10-11H2,(H,24,27)(H,25,26). The second-order valence-electron chi connectivity index (χ2n) is 6.41. The number of halogens is 3. The van der Waals surface area contributed by atoms with Gasteiger partial charge in [-0.15, -0.1) is 13.2 Å². The van der Waals surface area contributed by atoms with Gasteiger partial charge in [-0.1, -0.05) is 12.1 Å². The van der Waals surface area contributed by atoms with Gasteiger partial charge in [0.1, 0.15) is 5.75 Å². The number of amides is 2. The second-order valence-corrected chi connectivity index (χ2v) is 6.41. The zero-order chi connectivity index (χ0) is 20.9. The highest BCUT2D eigenvalue weighted by Crippen LogP contribution is 2.30. The maximum Gasteiger partial charge on any atom is 0.573 e. The molecule has 154 valence electrons. The van der Waals surface area contributed by atoms with Crippen LogP contribution in [0.3, 0.4) is 0 Å². The quantitative estimate of drug-likeness (QED) is 0.671. The number of nitrogens with one attached hydrogen (secondary N) is 2. The van der Waals surface area contributed by atoms with Crippen molar-refractivity contribution < 1.29 is 32.2 Å². The molecule has 1 aliphatic heterocycles.